The molecule has 1 aromatic heterocycles. The molecule has 3 N–H and O–H groups in total. The molecule has 0 aromatic carbocycles. The van der Waals surface area contributed by atoms with Crippen LogP contribution in [-0.2, 0) is 14.3 Å². The number of nitrogens with zero attached hydrogens (tertiary/aromatic N) is 5. The highest BCUT2D eigenvalue weighted by Crippen LogP contribution is 2.21. The zero-order chi connectivity index (χ0) is 22.8. The van der Waals surface area contributed by atoms with Gasteiger partial charge >= 0.3 is 0 Å². The van der Waals surface area contributed by atoms with Crippen LogP contribution in [0, 0.1) is 5.92 Å². The summed E-state index contributed by atoms with van der Waals surface area (Å²) in [6, 6.07) is 0. The number of nitrogen functional groups attached to an aromatic ring is 1. The van der Waals surface area contributed by atoms with Crippen molar-refractivity contribution in [3.63, 3.8) is 0 Å². The highest BCUT2D eigenvalue weighted by atomic mass is 32.2. The number of ether oxygens (including phenoxy) is 1. The SMILES string of the molecule is CCN(CC)C(=O)CSc1nnc(SCC(=O)NCC2CN(CC(C)C)CCO2)n1N. The lowest BCUT2D eigenvalue weighted by Crippen LogP contribution is -2.48. The summed E-state index contributed by atoms with van der Waals surface area (Å²) in [4.78, 5) is 28.5. The lowest BCUT2D eigenvalue weighted by Gasteiger charge is -2.33. The van der Waals surface area contributed by atoms with Crippen LogP contribution in [-0.4, -0.2) is 100.0 Å². The van der Waals surface area contributed by atoms with Crippen molar-refractivity contribution in [3.05, 3.63) is 0 Å². The molecule has 2 heterocycles. The van der Waals surface area contributed by atoms with Gasteiger partial charge in [-0.3, -0.25) is 14.5 Å². The van der Waals surface area contributed by atoms with Gasteiger partial charge in [-0.2, -0.15) is 0 Å². The van der Waals surface area contributed by atoms with Gasteiger partial charge < -0.3 is 20.8 Å². The van der Waals surface area contributed by atoms with Gasteiger partial charge in [0.2, 0.25) is 22.1 Å². The van der Waals surface area contributed by atoms with Gasteiger partial charge in [-0.1, -0.05) is 37.4 Å². The third-order valence-corrected chi connectivity index (χ3v) is 6.65. The number of morpholine rings is 1. The summed E-state index contributed by atoms with van der Waals surface area (Å²) in [6.07, 6.45) is 0.00552. The summed E-state index contributed by atoms with van der Waals surface area (Å²) in [7, 11) is 0. The summed E-state index contributed by atoms with van der Waals surface area (Å²) in [6.45, 7) is 13.6. The van der Waals surface area contributed by atoms with E-state index in [0.29, 0.717) is 42.5 Å². The molecule has 31 heavy (non-hydrogen) atoms. The van der Waals surface area contributed by atoms with Crippen molar-refractivity contribution < 1.29 is 14.3 Å². The van der Waals surface area contributed by atoms with E-state index < -0.39 is 0 Å². The number of carbonyl (C=O) groups is 2. The van der Waals surface area contributed by atoms with E-state index in [1.54, 1.807) is 4.90 Å². The number of hydrogen-bond acceptors (Lipinski definition) is 9. The predicted octanol–water partition coefficient (Wildman–Crippen LogP) is 0.518. The van der Waals surface area contributed by atoms with E-state index in [9.17, 15) is 9.59 Å². The quantitative estimate of drug-likeness (QED) is 0.331. The van der Waals surface area contributed by atoms with Crippen LogP contribution >= 0.6 is 23.5 Å². The molecular weight excluding hydrogens is 438 g/mol. The molecule has 1 unspecified atom stereocenters. The van der Waals surface area contributed by atoms with Gasteiger partial charge in [-0.25, -0.2) is 4.68 Å². The molecule has 1 aliphatic rings. The first kappa shape index (κ1) is 25.8. The zero-order valence-electron chi connectivity index (χ0n) is 18.9. The Morgan fingerprint density at radius 3 is 2.48 bits per heavy atom. The van der Waals surface area contributed by atoms with E-state index >= 15 is 0 Å². The lowest BCUT2D eigenvalue weighted by atomic mass is 10.2. The molecule has 0 saturated carbocycles. The molecule has 1 aromatic rings. The van der Waals surface area contributed by atoms with Crippen molar-refractivity contribution in [2.75, 3.05) is 63.2 Å². The smallest absolute Gasteiger partial charge is 0.233 e. The molecule has 1 saturated heterocycles. The number of amides is 2. The van der Waals surface area contributed by atoms with Crippen LogP contribution in [0.3, 0.4) is 0 Å². The van der Waals surface area contributed by atoms with Crippen molar-refractivity contribution in [2.24, 2.45) is 5.92 Å². The van der Waals surface area contributed by atoms with Crippen molar-refractivity contribution >= 4 is 35.3 Å². The van der Waals surface area contributed by atoms with Gasteiger partial charge in [-0.05, 0) is 19.8 Å². The number of rotatable bonds is 12. The van der Waals surface area contributed by atoms with Crippen LogP contribution in [0.15, 0.2) is 10.3 Å². The minimum absolute atomic E-state index is 0.00552. The number of hydrogen-bond donors (Lipinski definition) is 2. The van der Waals surface area contributed by atoms with Crippen LogP contribution in [0.1, 0.15) is 27.7 Å². The topological polar surface area (TPSA) is 119 Å². The van der Waals surface area contributed by atoms with Crippen LogP contribution in [0.2, 0.25) is 0 Å². The molecule has 10 nitrogen and oxygen atoms in total. The zero-order valence-corrected chi connectivity index (χ0v) is 20.5. The lowest BCUT2D eigenvalue weighted by molar-refractivity contribution is -0.128. The Balaban J connectivity index is 1.73. The number of nitrogens with one attached hydrogen (secondary N) is 1. The van der Waals surface area contributed by atoms with E-state index in [-0.39, 0.29) is 29.4 Å². The first-order valence-corrected chi connectivity index (χ1v) is 12.7. The number of aromatic nitrogens is 3. The fourth-order valence-electron chi connectivity index (χ4n) is 3.25. The summed E-state index contributed by atoms with van der Waals surface area (Å²) < 4.78 is 7.09. The van der Waals surface area contributed by atoms with Crippen LogP contribution < -0.4 is 11.2 Å². The molecule has 0 radical (unpaired) electrons. The Labute approximate surface area is 193 Å². The monoisotopic (exact) mass is 473 g/mol. The van der Waals surface area contributed by atoms with Crippen molar-refractivity contribution in [2.45, 2.75) is 44.1 Å². The summed E-state index contributed by atoms with van der Waals surface area (Å²) in [5.41, 5.74) is 0. The third kappa shape index (κ3) is 8.51. The number of nitrogens with two attached hydrogens (primary N) is 1. The minimum Gasteiger partial charge on any atom is -0.374 e. The van der Waals surface area contributed by atoms with Gasteiger partial charge in [0.15, 0.2) is 0 Å². The predicted molar refractivity (Wildman–Crippen MR) is 124 cm³/mol. The number of thioether (sulfide) groups is 2. The van der Waals surface area contributed by atoms with Gasteiger partial charge in [0.25, 0.3) is 0 Å². The average Bonchev–Trinajstić information content (AvgIpc) is 3.09. The van der Waals surface area contributed by atoms with Crippen molar-refractivity contribution in [3.8, 4) is 0 Å². The molecule has 176 valence electrons. The van der Waals surface area contributed by atoms with Gasteiger partial charge in [0, 0.05) is 39.3 Å². The Bertz CT molecular complexity index is 713. The Morgan fingerprint density at radius 1 is 1.23 bits per heavy atom. The first-order valence-electron chi connectivity index (χ1n) is 10.7. The van der Waals surface area contributed by atoms with Crippen LogP contribution in [0.25, 0.3) is 0 Å². The first-order chi connectivity index (χ1) is 14.8. The maximum absolute atomic E-state index is 12.2. The molecule has 0 spiro atoms. The van der Waals surface area contributed by atoms with E-state index in [0.717, 1.165) is 19.6 Å². The second-order valence-corrected chi connectivity index (χ2v) is 9.61. The van der Waals surface area contributed by atoms with E-state index in [2.05, 4.69) is 34.3 Å². The third-order valence-electron chi connectivity index (χ3n) is 4.78. The maximum atomic E-state index is 12.2. The Hall–Kier alpha value is -1.50. The largest absolute Gasteiger partial charge is 0.374 e. The standard InChI is InChI=1S/C19H35N7O3S2/c1-5-25(6-2)17(28)13-31-19-23-22-18(26(19)20)30-12-16(27)21-9-15-11-24(7-8-29-15)10-14(3)4/h14-15H,5-13,20H2,1-4H3,(H,21,27). The van der Waals surface area contributed by atoms with E-state index in [4.69, 9.17) is 10.6 Å². The Kier molecular flexibility index (Phi) is 10.9. The second-order valence-electron chi connectivity index (χ2n) is 7.73. The van der Waals surface area contributed by atoms with Gasteiger partial charge in [0.05, 0.1) is 24.2 Å². The van der Waals surface area contributed by atoms with Gasteiger partial charge in [0.1, 0.15) is 0 Å². The van der Waals surface area contributed by atoms with E-state index in [1.807, 2.05) is 13.8 Å². The number of carbonyl (C=O) groups excluding carboxylic acids is 2. The molecule has 0 aliphatic carbocycles. The normalized spacial score (nSPS) is 17.1. The second kappa shape index (κ2) is 13.1. The summed E-state index contributed by atoms with van der Waals surface area (Å²) in [5.74, 6) is 6.99. The molecule has 12 heteroatoms. The van der Waals surface area contributed by atoms with Crippen LogP contribution in [0.4, 0.5) is 0 Å². The summed E-state index contributed by atoms with van der Waals surface area (Å²) in [5, 5.41) is 11.9. The molecule has 2 rings (SSSR count). The van der Waals surface area contributed by atoms with Crippen LogP contribution in [0.5, 0.6) is 0 Å². The Morgan fingerprint density at radius 2 is 1.87 bits per heavy atom. The fourth-order valence-corrected chi connectivity index (χ4v) is 4.75. The molecule has 2 amide bonds. The highest BCUT2D eigenvalue weighted by Gasteiger charge is 2.22. The minimum atomic E-state index is -0.108. The van der Waals surface area contributed by atoms with Crippen molar-refractivity contribution in [1.29, 1.82) is 0 Å². The van der Waals surface area contributed by atoms with Crippen molar-refractivity contribution in [1.82, 2.24) is 30.0 Å². The fraction of sp³-hybridized carbons (Fsp3) is 0.789. The molecule has 1 aliphatic heterocycles. The molecule has 1 atom stereocenters. The van der Waals surface area contributed by atoms with E-state index in [1.165, 1.54) is 28.2 Å². The highest BCUT2D eigenvalue weighted by molar-refractivity contribution is 8.00. The maximum Gasteiger partial charge on any atom is 0.233 e. The molecule has 1 fully saturated rings. The van der Waals surface area contributed by atoms with Gasteiger partial charge in [-0.15, -0.1) is 10.2 Å². The average molecular weight is 474 g/mol. The molecule has 0 bridgehead atoms. The summed E-state index contributed by atoms with van der Waals surface area (Å²) >= 11 is 2.45. The molecular formula is C19H35N7O3S2.